The molecule has 2 heterocycles. The Balaban J connectivity index is 0.00000231. The number of halogens is 4. The number of piperazine rings is 1. The lowest BCUT2D eigenvalue weighted by molar-refractivity contribution is 0.0946. The molecule has 0 unspecified atom stereocenters. The second kappa shape index (κ2) is 14.7. The van der Waals surface area contributed by atoms with Crippen LogP contribution in [0.25, 0.3) is 17.1 Å². The average molecular weight is 619 g/mol. The molecule has 0 radical (unpaired) electrons. The Morgan fingerprint density at radius 2 is 1.56 bits per heavy atom. The first-order chi connectivity index (χ1) is 18.9. The van der Waals surface area contributed by atoms with Crippen LogP contribution in [0.2, 0.25) is 5.02 Å². The van der Waals surface area contributed by atoms with Crippen molar-refractivity contribution in [3.05, 3.63) is 101 Å². The van der Waals surface area contributed by atoms with Crippen molar-refractivity contribution >= 4 is 48.0 Å². The molecule has 0 bridgehead atoms. The number of hydrogen-bond acceptors (Lipinski definition) is 4. The number of benzene rings is 3. The topological polar surface area (TPSA) is 53.4 Å². The molecule has 41 heavy (non-hydrogen) atoms. The zero-order valence-electron chi connectivity index (χ0n) is 23.1. The van der Waals surface area contributed by atoms with Gasteiger partial charge in [-0.2, -0.15) is 0 Å². The van der Waals surface area contributed by atoms with Gasteiger partial charge in [0.15, 0.2) is 0 Å². The van der Waals surface area contributed by atoms with E-state index in [0.29, 0.717) is 29.4 Å². The zero-order chi connectivity index (χ0) is 27.4. The van der Waals surface area contributed by atoms with E-state index in [9.17, 15) is 9.18 Å². The third-order valence-corrected chi connectivity index (χ3v) is 7.75. The van der Waals surface area contributed by atoms with Crippen LogP contribution in [0.5, 0.6) is 0 Å². The molecular formula is C31H35Cl3FN5O. The van der Waals surface area contributed by atoms with Gasteiger partial charge in [0, 0.05) is 49.0 Å². The molecule has 10 heteroatoms. The molecule has 1 aliphatic rings. The first-order valence-electron chi connectivity index (χ1n) is 13.3. The maximum absolute atomic E-state index is 14.8. The fourth-order valence-electron chi connectivity index (χ4n) is 5.16. The van der Waals surface area contributed by atoms with Crippen LogP contribution in [0.3, 0.4) is 0 Å². The van der Waals surface area contributed by atoms with Crippen LogP contribution in [0.15, 0.2) is 72.8 Å². The van der Waals surface area contributed by atoms with Gasteiger partial charge >= 0.3 is 0 Å². The van der Waals surface area contributed by atoms with E-state index in [1.807, 2.05) is 49.4 Å². The number of hydrogen-bond donors (Lipinski definition) is 1. The summed E-state index contributed by atoms with van der Waals surface area (Å²) in [5, 5.41) is 3.83. The number of anilines is 1. The lowest BCUT2D eigenvalue weighted by atomic mass is 10.1. The first-order valence-corrected chi connectivity index (χ1v) is 13.7. The van der Waals surface area contributed by atoms with Crippen LogP contribution >= 0.6 is 36.4 Å². The standard InChI is InChI=1S/C31H33ClFN5O.2ClH/c1-22-25(32)12-8-15-27(22)37-20-18-36(19-21-37)17-9-16-34-31(39)29-23(2)38(28-14-7-6-13-26(28)33)30(35-29)24-10-4-3-5-11-24;;/h3-8,10-15H,9,16-21H2,1-2H3,(H,34,39);2*1H. The zero-order valence-corrected chi connectivity index (χ0v) is 25.5. The summed E-state index contributed by atoms with van der Waals surface area (Å²) in [6.45, 7) is 9.14. The molecule has 1 aromatic heterocycles. The number of carbonyl (C=O) groups excluding carboxylic acids is 1. The number of nitrogens with one attached hydrogen (secondary N) is 1. The highest BCUT2D eigenvalue weighted by atomic mass is 35.5. The minimum absolute atomic E-state index is 0. The normalized spacial score (nSPS) is 13.3. The maximum atomic E-state index is 14.8. The van der Waals surface area contributed by atoms with Crippen molar-refractivity contribution in [1.29, 1.82) is 0 Å². The summed E-state index contributed by atoms with van der Waals surface area (Å²) in [6.07, 6.45) is 0.834. The predicted octanol–water partition coefficient (Wildman–Crippen LogP) is 6.73. The van der Waals surface area contributed by atoms with Crippen LogP contribution in [0.1, 0.15) is 28.2 Å². The molecule has 1 N–H and O–H groups in total. The maximum Gasteiger partial charge on any atom is 0.271 e. The molecule has 0 saturated carbocycles. The van der Waals surface area contributed by atoms with Gasteiger partial charge in [0.05, 0.1) is 11.4 Å². The van der Waals surface area contributed by atoms with Gasteiger partial charge in [-0.05, 0) is 56.6 Å². The molecule has 3 aromatic carbocycles. The van der Waals surface area contributed by atoms with Gasteiger partial charge in [-0.25, -0.2) is 9.37 Å². The molecule has 218 valence electrons. The monoisotopic (exact) mass is 617 g/mol. The molecule has 1 saturated heterocycles. The molecule has 5 rings (SSSR count). The summed E-state index contributed by atoms with van der Waals surface area (Å²) in [5.41, 5.74) is 4.42. The number of amides is 1. The largest absolute Gasteiger partial charge is 0.369 e. The molecule has 0 atom stereocenters. The smallest absolute Gasteiger partial charge is 0.271 e. The molecule has 6 nitrogen and oxygen atoms in total. The first kappa shape index (κ1) is 32.4. The van der Waals surface area contributed by atoms with Gasteiger partial charge in [0.2, 0.25) is 0 Å². The summed E-state index contributed by atoms with van der Waals surface area (Å²) >= 11 is 6.31. The third kappa shape index (κ3) is 7.22. The van der Waals surface area contributed by atoms with Gasteiger partial charge in [-0.3, -0.25) is 14.3 Å². The Kier molecular flexibility index (Phi) is 11.6. The fraction of sp³-hybridized carbons (Fsp3) is 0.290. The summed E-state index contributed by atoms with van der Waals surface area (Å²) < 4.78 is 16.5. The molecule has 4 aromatic rings. The molecular weight excluding hydrogens is 584 g/mol. The van der Waals surface area contributed by atoms with Crippen molar-refractivity contribution in [3.8, 4) is 17.1 Å². The number of nitrogens with zero attached hydrogens (tertiary/aromatic N) is 4. The number of para-hydroxylation sites is 1. The van der Waals surface area contributed by atoms with Crippen molar-refractivity contribution in [2.45, 2.75) is 20.3 Å². The van der Waals surface area contributed by atoms with E-state index >= 15 is 0 Å². The Morgan fingerprint density at radius 1 is 0.902 bits per heavy atom. The third-order valence-electron chi connectivity index (χ3n) is 7.34. The Hall–Kier alpha value is -3.10. The van der Waals surface area contributed by atoms with Gasteiger partial charge < -0.3 is 10.2 Å². The molecule has 1 aliphatic heterocycles. The number of aromatic nitrogens is 2. The summed E-state index contributed by atoms with van der Waals surface area (Å²) in [4.78, 5) is 22.7. The van der Waals surface area contributed by atoms with E-state index in [1.54, 1.807) is 22.8 Å². The van der Waals surface area contributed by atoms with Crippen LogP contribution in [-0.4, -0.2) is 59.6 Å². The van der Waals surface area contributed by atoms with Gasteiger partial charge in [-0.15, -0.1) is 24.8 Å². The lowest BCUT2D eigenvalue weighted by Crippen LogP contribution is -2.47. The highest BCUT2D eigenvalue weighted by Gasteiger charge is 2.23. The van der Waals surface area contributed by atoms with E-state index in [1.165, 1.54) is 11.8 Å². The predicted molar refractivity (Wildman–Crippen MR) is 170 cm³/mol. The van der Waals surface area contributed by atoms with Crippen molar-refractivity contribution < 1.29 is 9.18 Å². The van der Waals surface area contributed by atoms with Gasteiger partial charge in [-0.1, -0.05) is 60.1 Å². The highest BCUT2D eigenvalue weighted by molar-refractivity contribution is 6.31. The van der Waals surface area contributed by atoms with Gasteiger partial charge in [0.25, 0.3) is 5.91 Å². The van der Waals surface area contributed by atoms with E-state index < -0.39 is 0 Å². The highest BCUT2D eigenvalue weighted by Crippen LogP contribution is 2.29. The van der Waals surface area contributed by atoms with Crippen LogP contribution in [-0.2, 0) is 0 Å². The number of rotatable bonds is 8. The summed E-state index contributed by atoms with van der Waals surface area (Å²) in [7, 11) is 0. The van der Waals surface area contributed by atoms with Crippen LogP contribution in [0, 0.1) is 19.7 Å². The average Bonchev–Trinajstić information content (AvgIpc) is 3.30. The van der Waals surface area contributed by atoms with E-state index in [-0.39, 0.29) is 36.5 Å². The van der Waals surface area contributed by atoms with E-state index in [2.05, 4.69) is 33.1 Å². The molecule has 1 fully saturated rings. The molecule has 1 amide bonds. The second-order valence-electron chi connectivity index (χ2n) is 9.84. The fourth-order valence-corrected chi connectivity index (χ4v) is 5.33. The van der Waals surface area contributed by atoms with Crippen molar-refractivity contribution in [3.63, 3.8) is 0 Å². The minimum atomic E-state index is -0.368. The Labute approximate surface area is 258 Å². The van der Waals surface area contributed by atoms with Crippen molar-refractivity contribution in [2.75, 3.05) is 44.2 Å². The van der Waals surface area contributed by atoms with Crippen molar-refractivity contribution in [2.24, 2.45) is 0 Å². The minimum Gasteiger partial charge on any atom is -0.369 e. The lowest BCUT2D eigenvalue weighted by Gasteiger charge is -2.37. The molecule has 0 spiro atoms. The number of imidazole rings is 1. The van der Waals surface area contributed by atoms with Crippen LogP contribution in [0.4, 0.5) is 10.1 Å². The Bertz CT molecular complexity index is 1460. The molecule has 0 aliphatic carbocycles. The second-order valence-corrected chi connectivity index (χ2v) is 10.3. The van der Waals surface area contributed by atoms with E-state index in [0.717, 1.165) is 55.3 Å². The summed E-state index contributed by atoms with van der Waals surface area (Å²) in [6, 6.07) is 22.2. The summed E-state index contributed by atoms with van der Waals surface area (Å²) in [5.74, 6) is -0.0788. The van der Waals surface area contributed by atoms with Crippen LogP contribution < -0.4 is 10.2 Å². The SMILES string of the molecule is Cc1c(Cl)cccc1N1CCN(CCCNC(=O)c2nc(-c3ccccc3)n(-c3ccccc3F)c2C)CC1.Cl.Cl. The van der Waals surface area contributed by atoms with Crippen molar-refractivity contribution in [1.82, 2.24) is 19.8 Å². The van der Waals surface area contributed by atoms with Gasteiger partial charge in [0.1, 0.15) is 17.3 Å². The number of carbonyl (C=O) groups is 1. The quantitative estimate of drug-likeness (QED) is 0.223. The Morgan fingerprint density at radius 3 is 2.27 bits per heavy atom. The van der Waals surface area contributed by atoms with E-state index in [4.69, 9.17) is 11.6 Å².